The topological polar surface area (TPSA) is 57.6 Å². The van der Waals surface area contributed by atoms with Crippen molar-refractivity contribution in [3.8, 4) is 5.75 Å². The number of thioether (sulfide) groups is 1. The molecule has 2 amide bonds. The summed E-state index contributed by atoms with van der Waals surface area (Å²) in [6.07, 6.45) is 1.57. The molecule has 1 aliphatic rings. The van der Waals surface area contributed by atoms with Crippen LogP contribution in [-0.4, -0.2) is 21.2 Å². The molecule has 1 fully saturated rings. The Morgan fingerprint density at radius 1 is 1.04 bits per heavy atom. The van der Waals surface area contributed by atoms with Crippen LogP contribution in [0.1, 0.15) is 11.1 Å². The SMILES string of the molecule is O=C1S/C(=C\c2cc(I)ccc2O)C(=O)N1Cc1ccc(I)cc1. The molecule has 0 radical (unpaired) electrons. The number of aromatic hydroxyl groups is 1. The Bertz CT molecular complexity index is 849. The van der Waals surface area contributed by atoms with Crippen molar-refractivity contribution >= 4 is 74.2 Å². The maximum Gasteiger partial charge on any atom is 0.293 e. The fraction of sp³-hybridized carbons (Fsp3) is 0.0588. The molecule has 1 saturated heterocycles. The quantitative estimate of drug-likeness (QED) is 0.430. The highest BCUT2D eigenvalue weighted by Gasteiger charge is 2.35. The van der Waals surface area contributed by atoms with E-state index in [1.54, 1.807) is 24.3 Å². The monoisotopic (exact) mass is 563 g/mol. The predicted octanol–water partition coefficient (Wildman–Crippen LogP) is 4.84. The van der Waals surface area contributed by atoms with Crippen molar-refractivity contribution in [1.82, 2.24) is 4.90 Å². The lowest BCUT2D eigenvalue weighted by Crippen LogP contribution is -2.27. The molecule has 0 unspecified atom stereocenters. The summed E-state index contributed by atoms with van der Waals surface area (Å²) < 4.78 is 2.04. The molecule has 0 atom stereocenters. The summed E-state index contributed by atoms with van der Waals surface area (Å²) in [5.74, 6) is -0.248. The second kappa shape index (κ2) is 7.44. The smallest absolute Gasteiger partial charge is 0.293 e. The summed E-state index contributed by atoms with van der Waals surface area (Å²) in [6, 6.07) is 12.8. The number of amides is 2. The van der Waals surface area contributed by atoms with E-state index < -0.39 is 0 Å². The first-order chi connectivity index (χ1) is 11.4. The van der Waals surface area contributed by atoms with Gasteiger partial charge in [0.25, 0.3) is 11.1 Å². The van der Waals surface area contributed by atoms with Crippen LogP contribution in [0.2, 0.25) is 0 Å². The lowest BCUT2D eigenvalue weighted by Gasteiger charge is -2.12. The summed E-state index contributed by atoms with van der Waals surface area (Å²) in [6.45, 7) is 0.247. The largest absolute Gasteiger partial charge is 0.507 e. The van der Waals surface area contributed by atoms with Crippen molar-refractivity contribution in [2.75, 3.05) is 0 Å². The molecule has 3 rings (SSSR count). The number of hydrogen-bond donors (Lipinski definition) is 1. The molecule has 1 N–H and O–H groups in total. The van der Waals surface area contributed by atoms with Gasteiger partial charge in [0.05, 0.1) is 11.4 Å². The van der Waals surface area contributed by atoms with E-state index in [0.29, 0.717) is 10.5 Å². The van der Waals surface area contributed by atoms with Gasteiger partial charge in [-0.3, -0.25) is 14.5 Å². The number of phenols is 1. The van der Waals surface area contributed by atoms with Gasteiger partial charge in [0.1, 0.15) is 5.75 Å². The van der Waals surface area contributed by atoms with Gasteiger partial charge >= 0.3 is 0 Å². The average Bonchev–Trinajstić information content (AvgIpc) is 2.80. The number of carbonyl (C=O) groups excluding carboxylic acids is 2. The first-order valence-electron chi connectivity index (χ1n) is 6.92. The van der Waals surface area contributed by atoms with E-state index in [1.165, 1.54) is 4.90 Å². The minimum atomic E-state index is -0.332. The van der Waals surface area contributed by atoms with Gasteiger partial charge in [0, 0.05) is 12.7 Å². The van der Waals surface area contributed by atoms with Gasteiger partial charge < -0.3 is 5.11 Å². The molecule has 24 heavy (non-hydrogen) atoms. The predicted molar refractivity (Wildman–Crippen MR) is 111 cm³/mol. The van der Waals surface area contributed by atoms with Crippen LogP contribution < -0.4 is 0 Å². The number of hydrogen-bond acceptors (Lipinski definition) is 4. The summed E-state index contributed by atoms with van der Waals surface area (Å²) in [5.41, 5.74) is 1.43. The lowest BCUT2D eigenvalue weighted by atomic mass is 10.2. The van der Waals surface area contributed by atoms with Crippen molar-refractivity contribution < 1.29 is 14.7 Å². The molecule has 4 nitrogen and oxygen atoms in total. The minimum absolute atomic E-state index is 0.0832. The third-order valence-electron chi connectivity index (χ3n) is 3.40. The highest BCUT2D eigenvalue weighted by molar-refractivity contribution is 14.1. The number of benzene rings is 2. The second-order valence-electron chi connectivity index (χ2n) is 5.10. The van der Waals surface area contributed by atoms with Gasteiger partial charge in [0.2, 0.25) is 0 Å². The maximum absolute atomic E-state index is 12.5. The first-order valence-corrected chi connectivity index (χ1v) is 9.90. The molecule has 0 saturated carbocycles. The Morgan fingerprint density at radius 2 is 1.71 bits per heavy atom. The Morgan fingerprint density at radius 3 is 2.42 bits per heavy atom. The summed E-state index contributed by atoms with van der Waals surface area (Å²) in [5, 5.41) is 9.61. The molecule has 2 aromatic rings. The zero-order valence-corrected chi connectivity index (χ0v) is 17.3. The number of nitrogens with zero attached hydrogens (tertiary/aromatic N) is 1. The summed E-state index contributed by atoms with van der Waals surface area (Å²) in [4.78, 5) is 26.2. The normalized spacial score (nSPS) is 16.2. The lowest BCUT2D eigenvalue weighted by molar-refractivity contribution is -0.123. The molecule has 0 spiro atoms. The van der Waals surface area contributed by atoms with Gasteiger partial charge in [-0.2, -0.15) is 0 Å². The van der Waals surface area contributed by atoms with E-state index in [0.717, 1.165) is 24.5 Å². The Balaban J connectivity index is 1.84. The summed E-state index contributed by atoms with van der Waals surface area (Å²) in [7, 11) is 0. The molecular formula is C17H11I2NO3S. The molecule has 1 heterocycles. The third kappa shape index (κ3) is 3.94. The van der Waals surface area contributed by atoms with Crippen molar-refractivity contribution in [2.24, 2.45) is 0 Å². The van der Waals surface area contributed by atoms with Crippen LogP contribution in [0.25, 0.3) is 6.08 Å². The molecule has 7 heteroatoms. The van der Waals surface area contributed by atoms with Crippen molar-refractivity contribution in [2.45, 2.75) is 6.54 Å². The van der Waals surface area contributed by atoms with Gasteiger partial charge in [0.15, 0.2) is 0 Å². The second-order valence-corrected chi connectivity index (χ2v) is 8.58. The highest BCUT2D eigenvalue weighted by atomic mass is 127. The number of imide groups is 1. The van der Waals surface area contributed by atoms with Crippen LogP contribution in [0.5, 0.6) is 5.75 Å². The van der Waals surface area contributed by atoms with Gasteiger partial charge in [-0.15, -0.1) is 0 Å². The fourth-order valence-electron chi connectivity index (χ4n) is 2.19. The van der Waals surface area contributed by atoms with E-state index in [-0.39, 0.29) is 23.4 Å². The van der Waals surface area contributed by atoms with E-state index in [9.17, 15) is 14.7 Å². The molecular weight excluding hydrogens is 552 g/mol. The Kier molecular flexibility index (Phi) is 5.50. The number of halogens is 2. The van der Waals surface area contributed by atoms with Gasteiger partial charge in [-0.05, 0) is 98.9 Å². The average molecular weight is 563 g/mol. The summed E-state index contributed by atoms with van der Waals surface area (Å²) >= 11 is 5.23. The number of rotatable bonds is 3. The van der Waals surface area contributed by atoms with Crippen LogP contribution in [0.4, 0.5) is 4.79 Å². The molecule has 2 aromatic carbocycles. The molecule has 0 aromatic heterocycles. The van der Waals surface area contributed by atoms with Crippen LogP contribution >= 0.6 is 56.9 Å². The standard InChI is InChI=1S/C17H11I2NO3S/c18-12-3-1-10(2-4-12)9-20-16(22)15(24-17(20)23)8-11-7-13(19)5-6-14(11)21/h1-8,21H,9H2/b15-8-. The zero-order valence-electron chi connectivity index (χ0n) is 12.2. The van der Waals surface area contributed by atoms with Crippen LogP contribution in [-0.2, 0) is 11.3 Å². The molecule has 0 bridgehead atoms. The van der Waals surface area contributed by atoms with Crippen molar-refractivity contribution in [1.29, 1.82) is 0 Å². The van der Waals surface area contributed by atoms with Crippen LogP contribution in [0.15, 0.2) is 47.4 Å². The Labute approximate surface area is 170 Å². The number of carbonyl (C=O) groups is 2. The molecule has 122 valence electrons. The third-order valence-corrected chi connectivity index (χ3v) is 5.70. The Hall–Kier alpha value is -1.07. The first kappa shape index (κ1) is 17.7. The molecule has 0 aliphatic carbocycles. The van der Waals surface area contributed by atoms with E-state index in [4.69, 9.17) is 0 Å². The number of phenolic OH excluding ortho intramolecular Hbond substituents is 1. The molecule has 1 aliphatic heterocycles. The fourth-order valence-corrected chi connectivity index (χ4v) is 3.89. The van der Waals surface area contributed by atoms with E-state index >= 15 is 0 Å². The van der Waals surface area contributed by atoms with E-state index in [1.807, 2.05) is 24.3 Å². The van der Waals surface area contributed by atoms with E-state index in [2.05, 4.69) is 45.2 Å². The highest BCUT2D eigenvalue weighted by Crippen LogP contribution is 2.35. The van der Waals surface area contributed by atoms with Crippen molar-refractivity contribution in [3.05, 3.63) is 65.6 Å². The van der Waals surface area contributed by atoms with Gasteiger partial charge in [-0.25, -0.2) is 0 Å². The van der Waals surface area contributed by atoms with Crippen LogP contribution in [0.3, 0.4) is 0 Å². The maximum atomic E-state index is 12.5. The van der Waals surface area contributed by atoms with Gasteiger partial charge in [-0.1, -0.05) is 12.1 Å². The van der Waals surface area contributed by atoms with Crippen LogP contribution in [0, 0.1) is 7.14 Å². The van der Waals surface area contributed by atoms with Crippen molar-refractivity contribution in [3.63, 3.8) is 0 Å². The zero-order chi connectivity index (χ0) is 17.3. The minimum Gasteiger partial charge on any atom is -0.507 e.